The molecule has 1 aromatic rings. The van der Waals surface area contributed by atoms with E-state index in [1.807, 2.05) is 39.0 Å². The van der Waals surface area contributed by atoms with E-state index in [9.17, 15) is 8.78 Å². The van der Waals surface area contributed by atoms with Crippen LogP contribution < -0.4 is 5.32 Å². The molecule has 0 radical (unpaired) electrons. The second-order valence-electron chi connectivity index (χ2n) is 4.53. The summed E-state index contributed by atoms with van der Waals surface area (Å²) in [4.78, 5) is 0. The van der Waals surface area contributed by atoms with Crippen LogP contribution in [-0.2, 0) is 6.42 Å². The highest BCUT2D eigenvalue weighted by Gasteiger charge is 2.20. The fourth-order valence-corrected chi connectivity index (χ4v) is 1.84. The van der Waals surface area contributed by atoms with Crippen LogP contribution in [0.25, 0.3) is 0 Å². The highest BCUT2D eigenvalue weighted by Crippen LogP contribution is 2.15. The Hall–Kier alpha value is -0.960. The molecule has 3 heteroatoms. The van der Waals surface area contributed by atoms with Crippen molar-refractivity contribution in [1.29, 1.82) is 0 Å². The highest BCUT2D eigenvalue weighted by atomic mass is 19.3. The van der Waals surface area contributed by atoms with Crippen LogP contribution in [0.4, 0.5) is 8.78 Å². The molecule has 0 aliphatic rings. The quantitative estimate of drug-likeness (QED) is 0.804. The summed E-state index contributed by atoms with van der Waals surface area (Å²) in [6.45, 7) is 6.57. The number of rotatable bonds is 6. The van der Waals surface area contributed by atoms with Gasteiger partial charge in [-0.3, -0.25) is 0 Å². The van der Waals surface area contributed by atoms with Gasteiger partial charge in [-0.05, 0) is 44.4 Å². The molecule has 0 fully saturated rings. The first-order valence-corrected chi connectivity index (χ1v) is 6.12. The molecule has 0 amide bonds. The lowest BCUT2D eigenvalue weighted by molar-refractivity contribution is 0.0982. The molecule has 0 heterocycles. The minimum absolute atomic E-state index is 0.394. The van der Waals surface area contributed by atoms with Crippen molar-refractivity contribution in [1.82, 2.24) is 5.32 Å². The van der Waals surface area contributed by atoms with Gasteiger partial charge in [0, 0.05) is 0 Å². The minimum atomic E-state index is -2.32. The Balaban J connectivity index is 2.74. The number of halogens is 2. The second kappa shape index (κ2) is 6.70. The van der Waals surface area contributed by atoms with Gasteiger partial charge in [0.15, 0.2) is 0 Å². The van der Waals surface area contributed by atoms with Crippen molar-refractivity contribution >= 4 is 0 Å². The smallest absolute Gasteiger partial charge is 0.254 e. The van der Waals surface area contributed by atoms with Crippen LogP contribution in [0.1, 0.15) is 30.0 Å². The van der Waals surface area contributed by atoms with E-state index in [-0.39, 0.29) is 0 Å². The maximum Gasteiger partial charge on any atom is 0.254 e. The summed E-state index contributed by atoms with van der Waals surface area (Å²) in [5.41, 5.74) is 3.22. The zero-order valence-corrected chi connectivity index (χ0v) is 10.8. The molecule has 17 heavy (non-hydrogen) atoms. The third kappa shape index (κ3) is 4.43. The van der Waals surface area contributed by atoms with Gasteiger partial charge in [-0.25, -0.2) is 8.78 Å². The molecular formula is C14H21F2N. The summed E-state index contributed by atoms with van der Waals surface area (Å²) in [6, 6.07) is 5.26. The fraction of sp³-hybridized carbons (Fsp3) is 0.571. The Labute approximate surface area is 102 Å². The number of nitrogens with one attached hydrogen (secondary N) is 1. The van der Waals surface area contributed by atoms with Crippen LogP contribution >= 0.6 is 0 Å². The first kappa shape index (κ1) is 14.1. The van der Waals surface area contributed by atoms with E-state index in [0.717, 1.165) is 23.1 Å². The van der Waals surface area contributed by atoms with Crippen LogP contribution in [0.15, 0.2) is 18.2 Å². The summed E-state index contributed by atoms with van der Waals surface area (Å²) in [7, 11) is 0. The SMILES string of the molecule is CCCNC(Cc1cc(C)ccc1C)C(F)F. The third-order valence-corrected chi connectivity index (χ3v) is 2.91. The van der Waals surface area contributed by atoms with Gasteiger partial charge in [0.1, 0.15) is 0 Å². The lowest BCUT2D eigenvalue weighted by atomic mass is 9.99. The fourth-order valence-electron chi connectivity index (χ4n) is 1.84. The van der Waals surface area contributed by atoms with Crippen molar-refractivity contribution in [2.75, 3.05) is 6.54 Å². The summed E-state index contributed by atoms with van der Waals surface area (Å²) >= 11 is 0. The van der Waals surface area contributed by atoms with Crippen molar-refractivity contribution < 1.29 is 8.78 Å². The van der Waals surface area contributed by atoms with Crippen LogP contribution in [-0.4, -0.2) is 19.0 Å². The predicted molar refractivity (Wildman–Crippen MR) is 67.7 cm³/mol. The second-order valence-corrected chi connectivity index (χ2v) is 4.53. The molecule has 1 N–H and O–H groups in total. The zero-order valence-electron chi connectivity index (χ0n) is 10.8. The Kier molecular flexibility index (Phi) is 5.56. The zero-order chi connectivity index (χ0) is 12.8. The molecule has 0 aliphatic carbocycles. The Bertz CT molecular complexity index is 350. The maximum atomic E-state index is 12.9. The molecule has 1 nitrogen and oxygen atoms in total. The summed E-state index contributed by atoms with van der Waals surface area (Å²) in [6.07, 6.45) is -1.05. The lowest BCUT2D eigenvalue weighted by Gasteiger charge is -2.19. The Morgan fingerprint density at radius 2 is 1.94 bits per heavy atom. The van der Waals surface area contributed by atoms with Crippen molar-refractivity contribution in [2.45, 2.75) is 46.1 Å². The van der Waals surface area contributed by atoms with Gasteiger partial charge in [0.05, 0.1) is 6.04 Å². The normalized spacial score (nSPS) is 13.1. The van der Waals surface area contributed by atoms with Gasteiger partial charge in [-0.15, -0.1) is 0 Å². The number of alkyl halides is 2. The van der Waals surface area contributed by atoms with E-state index in [0.29, 0.717) is 13.0 Å². The molecule has 0 spiro atoms. The summed E-state index contributed by atoms with van der Waals surface area (Å²) < 4.78 is 25.8. The Morgan fingerprint density at radius 3 is 2.53 bits per heavy atom. The maximum absolute atomic E-state index is 12.9. The standard InChI is InChI=1S/C14H21F2N/c1-4-7-17-13(14(15)16)9-12-8-10(2)5-6-11(12)3/h5-6,8,13-14,17H,4,7,9H2,1-3H3. The van der Waals surface area contributed by atoms with Crippen LogP contribution in [0.2, 0.25) is 0 Å². The van der Waals surface area contributed by atoms with E-state index >= 15 is 0 Å². The van der Waals surface area contributed by atoms with Gasteiger partial charge in [-0.1, -0.05) is 30.7 Å². The van der Waals surface area contributed by atoms with Gasteiger partial charge < -0.3 is 5.32 Å². The molecule has 1 unspecified atom stereocenters. The number of hydrogen-bond acceptors (Lipinski definition) is 1. The minimum Gasteiger partial charge on any atom is -0.309 e. The molecule has 0 saturated carbocycles. The number of aryl methyl sites for hydroxylation is 2. The van der Waals surface area contributed by atoms with E-state index in [1.165, 1.54) is 0 Å². The van der Waals surface area contributed by atoms with Gasteiger partial charge >= 0.3 is 0 Å². The monoisotopic (exact) mass is 241 g/mol. The number of benzene rings is 1. The van der Waals surface area contributed by atoms with Crippen LogP contribution in [0.5, 0.6) is 0 Å². The molecule has 1 rings (SSSR count). The number of hydrogen-bond donors (Lipinski definition) is 1. The lowest BCUT2D eigenvalue weighted by Crippen LogP contribution is -2.38. The van der Waals surface area contributed by atoms with Gasteiger partial charge in [0.25, 0.3) is 6.43 Å². The molecule has 96 valence electrons. The van der Waals surface area contributed by atoms with Crippen LogP contribution in [0, 0.1) is 13.8 Å². The average Bonchev–Trinajstić information content (AvgIpc) is 2.28. The molecular weight excluding hydrogens is 220 g/mol. The predicted octanol–water partition coefficient (Wildman–Crippen LogP) is 3.48. The molecule has 1 atom stereocenters. The van der Waals surface area contributed by atoms with E-state index in [2.05, 4.69) is 5.32 Å². The van der Waals surface area contributed by atoms with Crippen molar-refractivity contribution in [3.05, 3.63) is 34.9 Å². The van der Waals surface area contributed by atoms with Gasteiger partial charge in [-0.2, -0.15) is 0 Å². The first-order valence-electron chi connectivity index (χ1n) is 6.12. The molecule has 1 aromatic carbocycles. The molecule has 0 aliphatic heterocycles. The van der Waals surface area contributed by atoms with Crippen molar-refractivity contribution in [2.24, 2.45) is 0 Å². The third-order valence-electron chi connectivity index (χ3n) is 2.91. The summed E-state index contributed by atoms with van der Waals surface area (Å²) in [5.74, 6) is 0. The van der Waals surface area contributed by atoms with Gasteiger partial charge in [0.2, 0.25) is 0 Å². The van der Waals surface area contributed by atoms with E-state index in [4.69, 9.17) is 0 Å². The van der Waals surface area contributed by atoms with Crippen molar-refractivity contribution in [3.8, 4) is 0 Å². The van der Waals surface area contributed by atoms with Crippen molar-refractivity contribution in [3.63, 3.8) is 0 Å². The molecule has 0 saturated heterocycles. The molecule has 0 aromatic heterocycles. The highest BCUT2D eigenvalue weighted by molar-refractivity contribution is 5.31. The largest absolute Gasteiger partial charge is 0.309 e. The van der Waals surface area contributed by atoms with E-state index < -0.39 is 12.5 Å². The average molecular weight is 241 g/mol. The summed E-state index contributed by atoms with van der Waals surface area (Å²) in [5, 5.41) is 2.91. The van der Waals surface area contributed by atoms with E-state index in [1.54, 1.807) is 0 Å². The van der Waals surface area contributed by atoms with Crippen LogP contribution in [0.3, 0.4) is 0 Å². The Morgan fingerprint density at radius 1 is 1.24 bits per heavy atom. The topological polar surface area (TPSA) is 12.0 Å². The first-order chi connectivity index (χ1) is 8.04. The molecule has 0 bridgehead atoms.